The lowest BCUT2D eigenvalue weighted by Gasteiger charge is -2.77. The monoisotopic (exact) mass is 1310 g/mol. The summed E-state index contributed by atoms with van der Waals surface area (Å²) in [5.74, 6) is 6.34. The smallest absolute Gasteiger partial charge is 0.331 e. The molecule has 0 aromatic heterocycles. The fourth-order valence-electron chi connectivity index (χ4n) is 29.2. The second-order valence-corrected chi connectivity index (χ2v) is 36.0. The van der Waals surface area contributed by atoms with Gasteiger partial charge in [-0.15, -0.1) is 0 Å². The van der Waals surface area contributed by atoms with Crippen molar-refractivity contribution in [3.8, 4) is 11.8 Å². The highest BCUT2D eigenvalue weighted by atomic mass is 16.5. The van der Waals surface area contributed by atoms with Gasteiger partial charge in [-0.05, 0) is 283 Å². The van der Waals surface area contributed by atoms with E-state index in [0.29, 0.717) is 74.2 Å². The van der Waals surface area contributed by atoms with Gasteiger partial charge in [-0.25, -0.2) is 4.79 Å². The van der Waals surface area contributed by atoms with Gasteiger partial charge in [0.1, 0.15) is 23.6 Å². The molecule has 22 rings (SSSR count). The first-order valence-corrected chi connectivity index (χ1v) is 38.6. The van der Waals surface area contributed by atoms with Crippen LogP contribution in [0.15, 0.2) is 103 Å². The summed E-state index contributed by atoms with van der Waals surface area (Å²) in [6.45, 7) is 1.83. The number of nitrogens with one attached hydrogen (secondary N) is 1. The molecule has 27 atom stereocenters. The zero-order valence-electron chi connectivity index (χ0n) is 57.2. The molecule has 15 aliphatic carbocycles. The number of fused-ring (bicyclic) bond motifs is 8. The van der Waals surface area contributed by atoms with Crippen LogP contribution >= 0.6 is 0 Å². The van der Waals surface area contributed by atoms with E-state index in [1.165, 1.54) is 33.4 Å². The molecule has 4 aromatic carbocycles. The van der Waals surface area contributed by atoms with E-state index in [2.05, 4.69) is 103 Å². The largest absolute Gasteiger partial charge is 0.454 e. The molecule has 512 valence electrons. The maximum atomic E-state index is 16.4. The molecule has 0 amide bonds. The summed E-state index contributed by atoms with van der Waals surface area (Å²) in [6, 6.07) is 33.7. The minimum absolute atomic E-state index is 0.00253. The Labute approximate surface area is 573 Å². The molecule has 0 radical (unpaired) electrons. The van der Waals surface area contributed by atoms with Gasteiger partial charge in [-0.1, -0.05) is 104 Å². The lowest BCUT2D eigenvalue weighted by Crippen LogP contribution is -2.87. The van der Waals surface area contributed by atoms with Crippen molar-refractivity contribution >= 4 is 12.3 Å². The Kier molecular flexibility index (Phi) is 14.4. The Bertz CT molecular complexity index is 3960. The average molecular weight is 1310 g/mol. The predicted molar refractivity (Wildman–Crippen MR) is 368 cm³/mol. The van der Waals surface area contributed by atoms with Crippen molar-refractivity contribution in [1.82, 2.24) is 5.32 Å². The predicted octanol–water partition coefficient (Wildman–Crippen LogP) is 11.7. The third kappa shape index (κ3) is 8.45. The quantitative estimate of drug-likeness (QED) is 0.0586. The third-order valence-electron chi connectivity index (χ3n) is 32.8. The number of benzene rings is 4. The van der Waals surface area contributed by atoms with Crippen molar-refractivity contribution in [3.63, 3.8) is 0 Å². The van der Waals surface area contributed by atoms with Crippen LogP contribution < -0.4 is 5.32 Å². The molecule has 3 aliphatic heterocycles. The molecule has 11 heteroatoms. The molecule has 25 bridgehead atoms. The Morgan fingerprint density at radius 1 is 0.680 bits per heavy atom. The van der Waals surface area contributed by atoms with Crippen molar-refractivity contribution < 1.29 is 49.7 Å². The fraction of sp³-hybridized carbons (Fsp3) is 0.651. The zero-order chi connectivity index (χ0) is 66.0. The summed E-state index contributed by atoms with van der Waals surface area (Å²) in [5.41, 5.74) is -1.02. The van der Waals surface area contributed by atoms with Gasteiger partial charge in [-0.3, -0.25) is 0 Å². The van der Waals surface area contributed by atoms with Gasteiger partial charge in [0.15, 0.2) is 0 Å². The van der Waals surface area contributed by atoms with Crippen molar-refractivity contribution in [2.75, 3.05) is 13.7 Å². The standard InChI is InChI=1S/C86H103NO10/c1-49-58-16-15-55(32-58)30-51-8-4-10-54(29-51)34-66-38-64-36-63-35-61-18-19-69(63)82(64)46-80(47-89)74-23-26-81-45-79(24-21-56(42-79)31-52-9-3-7-50(27-52)28-53-11-5-13-60(61)33-53)25-22-57-12-6-14-62(44-88)67(57)40-73(87-2)68-39-65(83(81,48-90)71-41-75(91)97-76(68)71)43-84(81,93)86(74,95)77(92)72-37-59(49)17-20-70(78(82)96-66)85(72,80)94/h3-14,27,29,33,41,47,49,55-56,58-59,61,63-66,68-70,72-74,76-78,87-88,90,92-95H,15-21,23-24,26,28,30-32,34-40,42-46,48H2,1-2H3/t49-,55-,56+,58-,59-,61+,63-,64+,65-,66+,68-,69-,70+,72-,73-,74+,76+,77-,78+,79+,80-,81-,82-,83+,84+,85+,86+/m0/s1. The molecule has 7 N–H and O–H groups in total. The molecule has 97 heavy (non-hydrogen) atoms. The molecule has 18 aliphatic rings. The molecule has 4 aromatic rings. The molecule has 0 unspecified atom stereocenters. The number of rotatable bonds is 4. The van der Waals surface area contributed by atoms with Gasteiger partial charge in [0.05, 0.1) is 42.5 Å². The number of likely N-dealkylation sites (N-methyl/N-ethyl adjacent to an activating group) is 1. The first kappa shape index (κ1) is 63.0. The van der Waals surface area contributed by atoms with Gasteiger partial charge in [0.25, 0.3) is 0 Å². The van der Waals surface area contributed by atoms with Gasteiger partial charge in [-0.2, -0.15) is 0 Å². The Balaban J connectivity index is 0.865. The van der Waals surface area contributed by atoms with Crippen LogP contribution in [0.3, 0.4) is 0 Å². The normalized spacial score (nSPS) is 48.3. The fourth-order valence-corrected chi connectivity index (χ4v) is 29.2. The topological polar surface area (TPSA) is 186 Å². The van der Waals surface area contributed by atoms with Gasteiger partial charge in [0.2, 0.25) is 0 Å². The van der Waals surface area contributed by atoms with Gasteiger partial charge in [0, 0.05) is 63.0 Å². The van der Waals surface area contributed by atoms with Gasteiger partial charge < -0.3 is 50.2 Å². The number of hydrogen-bond donors (Lipinski definition) is 7. The van der Waals surface area contributed by atoms with Crippen LogP contribution in [0.5, 0.6) is 0 Å². The van der Waals surface area contributed by atoms with E-state index in [0.717, 1.165) is 113 Å². The molecular weight excluding hydrogens is 1210 g/mol. The van der Waals surface area contributed by atoms with E-state index in [1.54, 1.807) is 6.08 Å². The van der Waals surface area contributed by atoms with Crippen LogP contribution in [0, 0.1) is 116 Å². The third-order valence-corrected chi connectivity index (χ3v) is 32.8. The van der Waals surface area contributed by atoms with E-state index in [9.17, 15) is 20.1 Å². The highest BCUT2D eigenvalue weighted by molar-refractivity contribution is 5.87. The van der Waals surface area contributed by atoms with E-state index in [-0.39, 0.29) is 79.9 Å². The Morgan fingerprint density at radius 3 is 2.23 bits per heavy atom. The van der Waals surface area contributed by atoms with E-state index in [4.69, 9.17) is 9.47 Å². The molecule has 1 saturated heterocycles. The molecule has 10 saturated carbocycles. The number of carbonyl (C=O) groups is 2. The highest BCUT2D eigenvalue weighted by Crippen LogP contribution is 2.84. The summed E-state index contributed by atoms with van der Waals surface area (Å²) in [5, 5.41) is 90.7. The maximum Gasteiger partial charge on any atom is 0.331 e. The summed E-state index contributed by atoms with van der Waals surface area (Å²) in [6.07, 6.45) is 17.4. The van der Waals surface area contributed by atoms with Crippen LogP contribution in [0.25, 0.3) is 0 Å². The summed E-state index contributed by atoms with van der Waals surface area (Å²) >= 11 is 0. The average Bonchev–Trinajstić information content (AvgIpc) is 1.57. The lowest BCUT2D eigenvalue weighted by atomic mass is 9.30. The second-order valence-electron chi connectivity index (χ2n) is 36.0. The molecule has 11 fully saturated rings. The highest BCUT2D eigenvalue weighted by Gasteiger charge is 2.90. The van der Waals surface area contributed by atoms with E-state index in [1.807, 2.05) is 19.2 Å². The number of aliphatic hydroxyl groups is 6. The zero-order valence-corrected chi connectivity index (χ0v) is 57.2. The molecule has 3 spiro atoms. The summed E-state index contributed by atoms with van der Waals surface area (Å²) in [7, 11) is 1.94. The summed E-state index contributed by atoms with van der Waals surface area (Å²) < 4.78 is 14.8. The van der Waals surface area contributed by atoms with Crippen LogP contribution in [0.1, 0.15) is 191 Å². The number of hydrogen-bond acceptors (Lipinski definition) is 11. The molecule has 3 heterocycles. The Hall–Kier alpha value is -5.00. The number of aldehydes is 1. The van der Waals surface area contributed by atoms with E-state index < -0.39 is 98.4 Å². The minimum atomic E-state index is -2.40. The van der Waals surface area contributed by atoms with Crippen LogP contribution in [0.2, 0.25) is 0 Å². The van der Waals surface area contributed by atoms with Crippen molar-refractivity contribution in [1.29, 1.82) is 0 Å². The van der Waals surface area contributed by atoms with Crippen LogP contribution in [-0.4, -0.2) is 104 Å². The van der Waals surface area contributed by atoms with Crippen LogP contribution in [-0.2, 0) is 57.8 Å². The minimum Gasteiger partial charge on any atom is -0.454 e. The first-order valence-electron chi connectivity index (χ1n) is 38.6. The van der Waals surface area contributed by atoms with Gasteiger partial charge >= 0.3 is 5.97 Å². The number of esters is 1. The maximum absolute atomic E-state index is 16.4. The number of aliphatic hydroxyl groups excluding tert-OH is 3. The number of carbonyl (C=O) groups excluding carboxylic acids is 2. The SMILES string of the molecule is CN[C@H]1Cc2c(cccc2CO)C#C[C@@]23CC[C@H](Cc4cccc(c4)Cc4cccc(c4)[C@@H]4CC[C@H]5[C@@H](C4)C[C@@H]4C[C@H]6Cc7cccc(c7)C[C@@H]7CC[C@@H](C7)[C@H](C)[C@H]7CC[C@@H]8[C@@H](O6)[C@@]45C[C@]4(C=O)[C@H]5CC[C@@]6(C2)[C@](O)(C[C@@H]2C[C@@H]1[C@H]1OC(=O)C=C1[C@@]26CO)[C@]5(O)[C@@H](O)[C@H](C7)[C@]84O)C3. The first-order chi connectivity index (χ1) is 47.0. The van der Waals surface area contributed by atoms with Crippen molar-refractivity contribution in [2.45, 2.75) is 227 Å². The van der Waals surface area contributed by atoms with Crippen molar-refractivity contribution in [2.24, 2.45) is 104 Å². The summed E-state index contributed by atoms with van der Waals surface area (Å²) in [4.78, 5) is 31.0. The Morgan fingerprint density at radius 2 is 1.42 bits per heavy atom. The second kappa shape index (κ2) is 22.3. The lowest BCUT2D eigenvalue weighted by molar-refractivity contribution is -0.398. The molecule has 11 nitrogen and oxygen atoms in total. The molecular formula is C86H103NO10. The van der Waals surface area contributed by atoms with Crippen molar-refractivity contribution in [3.05, 3.63) is 153 Å². The number of ether oxygens (including phenoxy) is 2. The van der Waals surface area contributed by atoms with E-state index >= 15 is 20.1 Å². The van der Waals surface area contributed by atoms with Crippen LogP contribution in [0.4, 0.5) is 0 Å².